The molecule has 1 N–H and O–H groups in total. The topological polar surface area (TPSA) is 58.6 Å². The summed E-state index contributed by atoms with van der Waals surface area (Å²) < 4.78 is 5.74. The van der Waals surface area contributed by atoms with Crippen LogP contribution in [0.1, 0.15) is 43.0 Å². The Bertz CT molecular complexity index is 1260. The van der Waals surface area contributed by atoms with E-state index >= 15 is 0 Å². The number of anilines is 2. The SMILES string of the molecule is CCc1ccc(NC2=C(c3ccc(OC(C)C)cc3)C(=O)N(c3ccc(C)c(C)c3)C2=O)cc1. The summed E-state index contributed by atoms with van der Waals surface area (Å²) in [6.07, 6.45) is 0.972. The minimum absolute atomic E-state index is 0.0448. The van der Waals surface area contributed by atoms with E-state index in [4.69, 9.17) is 4.74 Å². The van der Waals surface area contributed by atoms with E-state index in [2.05, 4.69) is 12.2 Å². The first-order valence-corrected chi connectivity index (χ1v) is 11.6. The Morgan fingerprint density at radius 2 is 1.53 bits per heavy atom. The summed E-state index contributed by atoms with van der Waals surface area (Å²) in [5.74, 6) is -0.00408. The van der Waals surface area contributed by atoms with Crippen LogP contribution in [0.4, 0.5) is 11.4 Å². The van der Waals surface area contributed by atoms with Crippen molar-refractivity contribution in [2.45, 2.75) is 47.1 Å². The summed E-state index contributed by atoms with van der Waals surface area (Å²) in [6, 6.07) is 20.8. The van der Waals surface area contributed by atoms with Crippen LogP contribution in [-0.4, -0.2) is 17.9 Å². The number of hydrogen-bond acceptors (Lipinski definition) is 4. The second-order valence-corrected chi connectivity index (χ2v) is 8.83. The Hall–Kier alpha value is -3.86. The fourth-order valence-corrected chi connectivity index (χ4v) is 3.95. The van der Waals surface area contributed by atoms with Crippen molar-refractivity contribution in [1.29, 1.82) is 0 Å². The number of amides is 2. The second-order valence-electron chi connectivity index (χ2n) is 8.83. The molecule has 2 amide bonds. The van der Waals surface area contributed by atoms with Gasteiger partial charge in [0.25, 0.3) is 11.8 Å². The van der Waals surface area contributed by atoms with E-state index in [1.807, 2.05) is 94.4 Å². The van der Waals surface area contributed by atoms with Gasteiger partial charge in [-0.05, 0) is 92.8 Å². The highest BCUT2D eigenvalue weighted by Gasteiger charge is 2.40. The minimum atomic E-state index is -0.370. The molecule has 0 unspecified atom stereocenters. The van der Waals surface area contributed by atoms with Gasteiger partial charge in [-0.1, -0.05) is 37.3 Å². The minimum Gasteiger partial charge on any atom is -0.491 e. The van der Waals surface area contributed by atoms with E-state index in [-0.39, 0.29) is 23.6 Å². The Morgan fingerprint density at radius 1 is 0.853 bits per heavy atom. The maximum atomic E-state index is 13.7. The predicted molar refractivity (Wildman–Crippen MR) is 137 cm³/mol. The molecule has 0 aliphatic carbocycles. The van der Waals surface area contributed by atoms with Crippen molar-refractivity contribution in [2.24, 2.45) is 0 Å². The summed E-state index contributed by atoms with van der Waals surface area (Å²) in [5, 5.41) is 3.23. The van der Waals surface area contributed by atoms with Gasteiger partial charge >= 0.3 is 0 Å². The molecule has 0 spiro atoms. The van der Waals surface area contributed by atoms with Crippen LogP contribution in [-0.2, 0) is 16.0 Å². The summed E-state index contributed by atoms with van der Waals surface area (Å²) in [4.78, 5) is 28.5. The van der Waals surface area contributed by atoms with Crippen molar-refractivity contribution < 1.29 is 14.3 Å². The van der Waals surface area contributed by atoms with Gasteiger partial charge in [0.1, 0.15) is 11.4 Å². The van der Waals surface area contributed by atoms with E-state index < -0.39 is 0 Å². The van der Waals surface area contributed by atoms with Crippen molar-refractivity contribution >= 4 is 28.8 Å². The second kappa shape index (κ2) is 9.56. The third-order valence-electron chi connectivity index (χ3n) is 5.98. The Labute approximate surface area is 201 Å². The number of nitrogens with one attached hydrogen (secondary N) is 1. The van der Waals surface area contributed by atoms with E-state index in [0.29, 0.717) is 22.6 Å². The molecule has 0 saturated carbocycles. The molecule has 0 aromatic heterocycles. The Morgan fingerprint density at radius 3 is 2.12 bits per heavy atom. The fraction of sp³-hybridized carbons (Fsp3) is 0.241. The molecule has 0 saturated heterocycles. The lowest BCUT2D eigenvalue weighted by Gasteiger charge is -2.17. The monoisotopic (exact) mass is 454 g/mol. The Balaban J connectivity index is 1.77. The number of nitrogens with zero attached hydrogens (tertiary/aromatic N) is 1. The van der Waals surface area contributed by atoms with Crippen molar-refractivity contribution in [3.63, 3.8) is 0 Å². The molecule has 174 valence electrons. The highest BCUT2D eigenvalue weighted by atomic mass is 16.5. The van der Waals surface area contributed by atoms with Crippen LogP contribution in [0.3, 0.4) is 0 Å². The van der Waals surface area contributed by atoms with E-state index in [0.717, 1.165) is 23.2 Å². The van der Waals surface area contributed by atoms with Gasteiger partial charge in [-0.2, -0.15) is 0 Å². The van der Waals surface area contributed by atoms with Gasteiger partial charge in [0.15, 0.2) is 0 Å². The van der Waals surface area contributed by atoms with Gasteiger partial charge in [0.2, 0.25) is 0 Å². The number of imide groups is 1. The number of carbonyl (C=O) groups excluding carboxylic acids is 2. The zero-order chi connectivity index (χ0) is 24.4. The van der Waals surface area contributed by atoms with Crippen LogP contribution in [0, 0.1) is 13.8 Å². The van der Waals surface area contributed by atoms with Gasteiger partial charge in [-0.15, -0.1) is 0 Å². The van der Waals surface area contributed by atoms with Crippen molar-refractivity contribution in [1.82, 2.24) is 0 Å². The van der Waals surface area contributed by atoms with Gasteiger partial charge < -0.3 is 10.1 Å². The molecule has 5 heteroatoms. The summed E-state index contributed by atoms with van der Waals surface area (Å²) in [7, 11) is 0. The third-order valence-corrected chi connectivity index (χ3v) is 5.98. The number of carbonyl (C=O) groups is 2. The van der Waals surface area contributed by atoms with Crippen molar-refractivity contribution in [2.75, 3.05) is 10.2 Å². The van der Waals surface area contributed by atoms with Crippen LogP contribution in [0.2, 0.25) is 0 Å². The maximum Gasteiger partial charge on any atom is 0.282 e. The predicted octanol–water partition coefficient (Wildman–Crippen LogP) is 6.05. The molecule has 3 aromatic rings. The van der Waals surface area contributed by atoms with E-state index in [1.165, 1.54) is 10.5 Å². The first-order chi connectivity index (χ1) is 16.3. The molecule has 0 radical (unpaired) electrons. The Kier molecular flexibility index (Phi) is 6.55. The lowest BCUT2D eigenvalue weighted by molar-refractivity contribution is -0.120. The average Bonchev–Trinajstić information content (AvgIpc) is 3.06. The number of rotatable bonds is 7. The zero-order valence-electron chi connectivity index (χ0n) is 20.3. The van der Waals surface area contributed by atoms with Gasteiger partial charge in [0.05, 0.1) is 17.4 Å². The molecule has 3 aromatic carbocycles. The van der Waals surface area contributed by atoms with E-state index in [1.54, 1.807) is 0 Å². The molecule has 1 aliphatic heterocycles. The average molecular weight is 455 g/mol. The van der Waals surface area contributed by atoms with Crippen molar-refractivity contribution in [3.05, 3.63) is 94.7 Å². The lowest BCUT2D eigenvalue weighted by atomic mass is 10.0. The standard InChI is InChI=1S/C29H30N2O3/c1-6-21-8-12-23(13-9-21)30-27-26(22-10-15-25(16-11-22)34-18(2)3)28(32)31(29(27)33)24-14-7-19(4)20(5)17-24/h7-18,30H,6H2,1-5H3. The zero-order valence-corrected chi connectivity index (χ0v) is 20.3. The summed E-state index contributed by atoms with van der Waals surface area (Å²) in [6.45, 7) is 9.99. The molecule has 5 nitrogen and oxygen atoms in total. The molecule has 0 atom stereocenters. The number of ether oxygens (including phenoxy) is 1. The molecule has 0 bridgehead atoms. The summed E-state index contributed by atoms with van der Waals surface area (Å²) in [5.41, 5.74) is 5.92. The number of hydrogen-bond donors (Lipinski definition) is 1. The molecular formula is C29H30N2O3. The van der Waals surface area contributed by atoms with Crippen LogP contribution < -0.4 is 15.0 Å². The molecule has 1 heterocycles. The third kappa shape index (κ3) is 4.60. The lowest BCUT2D eigenvalue weighted by Crippen LogP contribution is -2.32. The molecule has 34 heavy (non-hydrogen) atoms. The van der Waals surface area contributed by atoms with Gasteiger partial charge in [-0.3, -0.25) is 9.59 Å². The fourth-order valence-electron chi connectivity index (χ4n) is 3.95. The normalized spacial score (nSPS) is 13.8. The maximum absolute atomic E-state index is 13.7. The van der Waals surface area contributed by atoms with Crippen LogP contribution in [0.25, 0.3) is 5.57 Å². The van der Waals surface area contributed by atoms with E-state index in [9.17, 15) is 9.59 Å². The van der Waals surface area contributed by atoms with Crippen LogP contribution >= 0.6 is 0 Å². The van der Waals surface area contributed by atoms with Gasteiger partial charge in [0, 0.05) is 5.69 Å². The van der Waals surface area contributed by atoms with Crippen molar-refractivity contribution in [3.8, 4) is 5.75 Å². The molecule has 4 rings (SSSR count). The van der Waals surface area contributed by atoms with Gasteiger partial charge in [-0.25, -0.2) is 4.90 Å². The quantitative estimate of drug-likeness (QED) is 0.442. The molecule has 0 fully saturated rings. The first-order valence-electron chi connectivity index (χ1n) is 11.6. The highest BCUT2D eigenvalue weighted by molar-refractivity contribution is 6.46. The smallest absolute Gasteiger partial charge is 0.282 e. The molecule has 1 aliphatic rings. The largest absolute Gasteiger partial charge is 0.491 e. The first kappa shape index (κ1) is 23.3. The number of aryl methyl sites for hydroxylation is 3. The highest BCUT2D eigenvalue weighted by Crippen LogP contribution is 2.35. The summed E-state index contributed by atoms with van der Waals surface area (Å²) >= 11 is 0. The molecular weight excluding hydrogens is 424 g/mol. The number of benzene rings is 3. The van der Waals surface area contributed by atoms with Crippen LogP contribution in [0.5, 0.6) is 5.75 Å². The van der Waals surface area contributed by atoms with Crippen LogP contribution in [0.15, 0.2) is 72.4 Å².